The third kappa shape index (κ3) is 4.64. The van der Waals surface area contributed by atoms with Gasteiger partial charge in [-0.2, -0.15) is 0 Å². The lowest BCUT2D eigenvalue weighted by molar-refractivity contribution is -0.00530. The second-order valence-electron chi connectivity index (χ2n) is 20.8. The fourth-order valence-electron chi connectivity index (χ4n) is 15.7. The Morgan fingerprint density at radius 2 is 0.821 bits per heavy atom. The van der Waals surface area contributed by atoms with Gasteiger partial charge >= 0.3 is 0 Å². The molecule has 8 saturated carbocycles. The van der Waals surface area contributed by atoms with Crippen LogP contribution in [0.5, 0.6) is 0 Å². The van der Waals surface area contributed by atoms with Crippen LogP contribution in [-0.2, 0) is 10.8 Å². The van der Waals surface area contributed by atoms with Gasteiger partial charge in [0.15, 0.2) is 0 Å². The van der Waals surface area contributed by atoms with Gasteiger partial charge in [-0.25, -0.2) is 0 Å². The molecule has 5 aromatic carbocycles. The Morgan fingerprint density at radius 1 is 0.464 bits per heavy atom. The zero-order valence-corrected chi connectivity index (χ0v) is 33.4. The molecule has 3 heteroatoms. The molecule has 5 aromatic rings. The monoisotopic (exact) mass is 730 g/mol. The van der Waals surface area contributed by atoms with Crippen LogP contribution in [0.15, 0.2) is 109 Å². The summed E-state index contributed by atoms with van der Waals surface area (Å²) in [6.07, 6.45) is 17.4. The van der Waals surface area contributed by atoms with Gasteiger partial charge in [-0.1, -0.05) is 74.5 Å². The molecule has 10 aliphatic rings. The molecule has 8 aliphatic carbocycles. The quantitative estimate of drug-likeness (QED) is 0.163. The van der Waals surface area contributed by atoms with E-state index in [2.05, 4.69) is 133 Å². The van der Waals surface area contributed by atoms with Crippen molar-refractivity contribution < 1.29 is 0 Å². The molecule has 0 spiro atoms. The molecule has 0 radical (unpaired) electrons. The van der Waals surface area contributed by atoms with Gasteiger partial charge in [0.25, 0.3) is 6.71 Å². The highest BCUT2D eigenvalue weighted by Crippen LogP contribution is 2.62. The Bertz CT molecular complexity index is 2160. The molecule has 2 aliphatic heterocycles. The summed E-state index contributed by atoms with van der Waals surface area (Å²) in [5.41, 5.74) is 17.6. The molecule has 0 N–H and O–H groups in total. The highest BCUT2D eigenvalue weighted by molar-refractivity contribution is 7.00. The number of hydrogen-bond acceptors (Lipinski definition) is 2. The van der Waals surface area contributed by atoms with Gasteiger partial charge in [0, 0.05) is 34.1 Å². The van der Waals surface area contributed by atoms with Crippen LogP contribution in [0.3, 0.4) is 0 Å². The van der Waals surface area contributed by atoms with E-state index < -0.39 is 0 Å². The van der Waals surface area contributed by atoms with E-state index in [1.54, 1.807) is 11.1 Å². The first-order valence-electron chi connectivity index (χ1n) is 22.6. The SMILES string of the molecule is CC(C)c1cc2c3c(c1)N(c1ccc(C45CC6CC(CC(C6)C4)C5)cc1)c1ccccc1B3c1ccccc1N2c1ccc(C23CC4CC(CC(C4)C2)C3)cc1. The van der Waals surface area contributed by atoms with Gasteiger partial charge < -0.3 is 9.80 Å². The number of hydrogen-bond donors (Lipinski definition) is 0. The molecule has 280 valence electrons. The Hall–Kier alpha value is -4.24. The van der Waals surface area contributed by atoms with Crippen molar-refractivity contribution in [3.63, 3.8) is 0 Å². The number of fused-ring (bicyclic) bond motifs is 4. The highest BCUT2D eigenvalue weighted by atomic mass is 15.2. The Balaban J connectivity index is 0.956. The predicted molar refractivity (Wildman–Crippen MR) is 234 cm³/mol. The maximum Gasteiger partial charge on any atom is 0.252 e. The van der Waals surface area contributed by atoms with Crippen molar-refractivity contribution in [2.45, 2.75) is 108 Å². The molecule has 0 aromatic heterocycles. The van der Waals surface area contributed by atoms with Gasteiger partial charge in [0.1, 0.15) is 0 Å². The number of anilines is 6. The maximum absolute atomic E-state index is 2.63. The van der Waals surface area contributed by atoms with Gasteiger partial charge in [-0.15, -0.1) is 0 Å². The Kier molecular flexibility index (Phi) is 6.84. The molecule has 0 amide bonds. The lowest BCUT2D eigenvalue weighted by Gasteiger charge is -2.57. The molecular weight excluding hydrogens is 675 g/mol. The minimum Gasteiger partial charge on any atom is -0.311 e. The average molecular weight is 731 g/mol. The zero-order chi connectivity index (χ0) is 36.9. The first-order chi connectivity index (χ1) is 27.4. The summed E-state index contributed by atoms with van der Waals surface area (Å²) in [7, 11) is 0. The standard InChI is InChI=1S/C53H55BN2/c1-33(2)40-25-49-51-50(26-40)56(44-17-13-42(14-18-44)53-30-37-22-38(31-53)24-39(23-37)32-53)48-10-6-4-8-46(48)54(51)45-7-3-5-9-47(45)55(49)43-15-11-41(12-16-43)52-27-34-19-35(28-52)21-36(20-34)29-52/h3-18,25-26,33-39H,19-24,27-32H2,1-2H3. The van der Waals surface area contributed by atoms with E-state index in [0.717, 1.165) is 35.5 Å². The summed E-state index contributed by atoms with van der Waals surface area (Å²) in [4.78, 5) is 5.25. The van der Waals surface area contributed by atoms with Crippen LogP contribution in [0, 0.1) is 35.5 Å². The van der Waals surface area contributed by atoms with E-state index in [9.17, 15) is 0 Å². The first kappa shape index (κ1) is 32.8. The third-order valence-electron chi connectivity index (χ3n) is 17.1. The van der Waals surface area contributed by atoms with Gasteiger partial charge in [-0.3, -0.25) is 0 Å². The summed E-state index contributed by atoms with van der Waals surface area (Å²) >= 11 is 0. The molecule has 15 rings (SSSR count). The molecule has 56 heavy (non-hydrogen) atoms. The number of benzene rings is 5. The van der Waals surface area contributed by atoms with Crippen molar-refractivity contribution in [3.8, 4) is 0 Å². The fraction of sp³-hybridized carbons (Fsp3) is 0.434. The van der Waals surface area contributed by atoms with E-state index >= 15 is 0 Å². The number of para-hydroxylation sites is 2. The van der Waals surface area contributed by atoms with Crippen LogP contribution in [0.25, 0.3) is 0 Å². The van der Waals surface area contributed by atoms with Gasteiger partial charge in [0.2, 0.25) is 0 Å². The first-order valence-corrected chi connectivity index (χ1v) is 22.6. The predicted octanol–water partition coefficient (Wildman–Crippen LogP) is 11.8. The van der Waals surface area contributed by atoms with Crippen LogP contribution in [0.2, 0.25) is 0 Å². The molecular formula is C53H55BN2. The topological polar surface area (TPSA) is 6.48 Å². The van der Waals surface area contributed by atoms with E-state index in [1.165, 1.54) is 133 Å². The van der Waals surface area contributed by atoms with Crippen molar-refractivity contribution in [1.29, 1.82) is 0 Å². The average Bonchev–Trinajstić information content (AvgIpc) is 3.20. The van der Waals surface area contributed by atoms with Crippen LogP contribution < -0.4 is 26.2 Å². The van der Waals surface area contributed by atoms with Gasteiger partial charge in [-0.05, 0) is 211 Å². The van der Waals surface area contributed by atoms with E-state index in [-0.39, 0.29) is 6.71 Å². The second kappa shape index (κ2) is 11.7. The normalized spacial score (nSPS) is 32.5. The van der Waals surface area contributed by atoms with Crippen molar-refractivity contribution in [1.82, 2.24) is 0 Å². The van der Waals surface area contributed by atoms with Crippen LogP contribution in [0.4, 0.5) is 34.1 Å². The summed E-state index contributed by atoms with van der Waals surface area (Å²) in [6, 6.07) is 43.8. The molecule has 8 fully saturated rings. The lowest BCUT2D eigenvalue weighted by atomic mass is 9.33. The van der Waals surface area contributed by atoms with Crippen molar-refractivity contribution in [2.75, 3.05) is 9.80 Å². The van der Waals surface area contributed by atoms with Crippen LogP contribution in [-0.4, -0.2) is 6.71 Å². The minimum atomic E-state index is 0.179. The molecule has 0 unspecified atom stereocenters. The number of rotatable bonds is 5. The molecule has 2 nitrogen and oxygen atoms in total. The molecule has 8 bridgehead atoms. The highest BCUT2D eigenvalue weighted by Gasteiger charge is 2.53. The van der Waals surface area contributed by atoms with E-state index in [0.29, 0.717) is 16.7 Å². The van der Waals surface area contributed by atoms with Crippen LogP contribution in [0.1, 0.15) is 114 Å². The third-order valence-corrected chi connectivity index (χ3v) is 17.1. The molecule has 2 heterocycles. The minimum absolute atomic E-state index is 0.179. The van der Waals surface area contributed by atoms with Crippen molar-refractivity contribution >= 4 is 57.2 Å². The second-order valence-corrected chi connectivity index (χ2v) is 20.8. The summed E-state index contributed by atoms with van der Waals surface area (Å²) in [5, 5.41) is 0. The van der Waals surface area contributed by atoms with Gasteiger partial charge in [0.05, 0.1) is 0 Å². The lowest BCUT2D eigenvalue weighted by Crippen LogP contribution is -2.61. The Morgan fingerprint density at radius 3 is 1.18 bits per heavy atom. The Labute approximate surface area is 334 Å². The molecule has 0 atom stereocenters. The van der Waals surface area contributed by atoms with Crippen molar-refractivity contribution in [3.05, 3.63) is 126 Å². The zero-order valence-electron chi connectivity index (χ0n) is 33.4. The van der Waals surface area contributed by atoms with E-state index in [4.69, 9.17) is 0 Å². The largest absolute Gasteiger partial charge is 0.311 e. The number of nitrogens with zero attached hydrogens (tertiary/aromatic N) is 2. The van der Waals surface area contributed by atoms with Crippen LogP contribution >= 0.6 is 0 Å². The summed E-state index contributed by atoms with van der Waals surface area (Å²) in [5.74, 6) is 6.14. The summed E-state index contributed by atoms with van der Waals surface area (Å²) < 4.78 is 0. The van der Waals surface area contributed by atoms with E-state index in [1.807, 2.05) is 0 Å². The fourth-order valence-corrected chi connectivity index (χ4v) is 15.7. The maximum atomic E-state index is 2.63. The van der Waals surface area contributed by atoms with Crippen molar-refractivity contribution in [2.24, 2.45) is 35.5 Å². The smallest absolute Gasteiger partial charge is 0.252 e. The summed E-state index contributed by atoms with van der Waals surface area (Å²) in [6.45, 7) is 4.92. The molecule has 0 saturated heterocycles.